The van der Waals surface area contributed by atoms with Crippen LogP contribution in [0.15, 0.2) is 182 Å². The van der Waals surface area contributed by atoms with Crippen molar-refractivity contribution >= 4 is 34.1 Å². The molecule has 0 bridgehead atoms. The van der Waals surface area contributed by atoms with E-state index in [1.165, 1.54) is 89.5 Å². The van der Waals surface area contributed by atoms with Crippen molar-refractivity contribution in [2.75, 3.05) is 9.80 Å². The van der Waals surface area contributed by atoms with Crippen LogP contribution >= 0.6 is 0 Å². The Kier molecular flexibility index (Phi) is 7.64. The first-order valence-corrected chi connectivity index (χ1v) is 19.3. The SMILES string of the molecule is Cc1ccccc1N(c1ccc2c(c1)C1(c3ccccc3-c3ccccc31)c1cc(N(c3ccccc3C)c3ccccc3C)ccc1-2)c1ccccc1C. The van der Waals surface area contributed by atoms with Gasteiger partial charge in [-0.1, -0.05) is 133 Å². The first-order chi connectivity index (χ1) is 27.0. The zero-order chi connectivity index (χ0) is 37.3. The first-order valence-electron chi connectivity index (χ1n) is 19.3. The van der Waals surface area contributed by atoms with Gasteiger partial charge < -0.3 is 9.80 Å². The second-order valence-corrected chi connectivity index (χ2v) is 15.1. The number of fused-ring (bicyclic) bond motifs is 10. The third-order valence-corrected chi connectivity index (χ3v) is 12.0. The van der Waals surface area contributed by atoms with Crippen molar-refractivity contribution in [1.82, 2.24) is 0 Å². The zero-order valence-corrected chi connectivity index (χ0v) is 31.7. The Morgan fingerprint density at radius 3 is 0.927 bits per heavy atom. The molecule has 10 rings (SSSR count). The van der Waals surface area contributed by atoms with Crippen molar-refractivity contribution < 1.29 is 0 Å². The van der Waals surface area contributed by atoms with Crippen LogP contribution in [0, 0.1) is 27.7 Å². The van der Waals surface area contributed by atoms with Gasteiger partial charge in [0.15, 0.2) is 0 Å². The molecule has 0 saturated carbocycles. The van der Waals surface area contributed by atoms with E-state index < -0.39 is 5.41 Å². The average molecular weight is 707 g/mol. The molecule has 2 aliphatic rings. The molecule has 0 fully saturated rings. The second kappa shape index (κ2) is 12.7. The number of anilines is 6. The molecule has 8 aromatic carbocycles. The number of hydrogen-bond acceptors (Lipinski definition) is 2. The lowest BCUT2D eigenvalue weighted by Crippen LogP contribution is -2.26. The summed E-state index contributed by atoms with van der Waals surface area (Å²) in [7, 11) is 0. The molecule has 0 atom stereocenters. The summed E-state index contributed by atoms with van der Waals surface area (Å²) in [4.78, 5) is 4.91. The van der Waals surface area contributed by atoms with Crippen LogP contribution in [-0.4, -0.2) is 0 Å². The van der Waals surface area contributed by atoms with E-state index in [0.29, 0.717) is 0 Å². The molecule has 0 radical (unpaired) electrons. The molecule has 0 heterocycles. The Morgan fingerprint density at radius 2 is 0.582 bits per heavy atom. The molecule has 55 heavy (non-hydrogen) atoms. The van der Waals surface area contributed by atoms with Gasteiger partial charge in [-0.3, -0.25) is 0 Å². The lowest BCUT2D eigenvalue weighted by atomic mass is 9.70. The van der Waals surface area contributed by atoms with Crippen LogP contribution in [0.3, 0.4) is 0 Å². The maximum Gasteiger partial charge on any atom is 0.0727 e. The summed E-state index contributed by atoms with van der Waals surface area (Å²) in [5, 5.41) is 0. The molecule has 264 valence electrons. The van der Waals surface area contributed by atoms with E-state index >= 15 is 0 Å². The van der Waals surface area contributed by atoms with Gasteiger partial charge >= 0.3 is 0 Å². The van der Waals surface area contributed by atoms with Gasteiger partial charge in [-0.2, -0.15) is 0 Å². The standard InChI is InChI=1S/C53H42N2/c1-35-17-5-13-25-49(35)54(50-26-14-6-18-36(50)2)39-29-31-43-44-32-30-40(55(51-27-15-7-19-37(51)3)52-28-16-8-20-38(52)4)34-48(44)53(47(43)33-39)45-23-11-9-21-41(45)42-22-10-12-24-46(42)53/h5-34H,1-4H3. The highest BCUT2D eigenvalue weighted by molar-refractivity contribution is 5.98. The van der Waals surface area contributed by atoms with E-state index in [0.717, 1.165) is 11.4 Å². The minimum absolute atomic E-state index is 0.518. The van der Waals surface area contributed by atoms with E-state index in [2.05, 4.69) is 219 Å². The fraction of sp³-hybridized carbons (Fsp3) is 0.0943. The van der Waals surface area contributed by atoms with Gasteiger partial charge in [-0.15, -0.1) is 0 Å². The largest absolute Gasteiger partial charge is 0.310 e. The molecule has 1 spiro atoms. The summed E-state index contributed by atoms with van der Waals surface area (Å²) >= 11 is 0. The third kappa shape index (κ3) is 4.88. The number of nitrogens with zero attached hydrogens (tertiary/aromatic N) is 2. The highest BCUT2D eigenvalue weighted by Gasteiger charge is 2.52. The zero-order valence-electron chi connectivity index (χ0n) is 31.7. The number of benzene rings is 8. The van der Waals surface area contributed by atoms with Crippen LogP contribution in [0.25, 0.3) is 22.3 Å². The van der Waals surface area contributed by atoms with E-state index in [1.54, 1.807) is 0 Å². The van der Waals surface area contributed by atoms with Crippen molar-refractivity contribution in [2.24, 2.45) is 0 Å². The Hall–Kier alpha value is -6.64. The smallest absolute Gasteiger partial charge is 0.0727 e. The predicted molar refractivity (Wildman–Crippen MR) is 231 cm³/mol. The molecule has 0 amide bonds. The molecule has 0 aliphatic heterocycles. The number of aryl methyl sites for hydroxylation is 4. The topological polar surface area (TPSA) is 6.48 Å². The van der Waals surface area contributed by atoms with Crippen molar-refractivity contribution in [2.45, 2.75) is 33.1 Å². The van der Waals surface area contributed by atoms with E-state index in [9.17, 15) is 0 Å². The van der Waals surface area contributed by atoms with Gasteiger partial charge in [-0.05, 0) is 143 Å². The molecule has 0 N–H and O–H groups in total. The van der Waals surface area contributed by atoms with Crippen LogP contribution in [0.1, 0.15) is 44.5 Å². The lowest BCUT2D eigenvalue weighted by Gasteiger charge is -2.34. The maximum atomic E-state index is 2.49. The Labute approximate surface area is 324 Å². The van der Waals surface area contributed by atoms with Crippen molar-refractivity contribution in [1.29, 1.82) is 0 Å². The summed E-state index contributed by atoms with van der Waals surface area (Å²) in [6.07, 6.45) is 0. The van der Waals surface area contributed by atoms with Crippen LogP contribution in [0.5, 0.6) is 0 Å². The molecule has 2 heteroatoms. The number of rotatable bonds is 6. The number of hydrogen-bond donors (Lipinski definition) is 0. The molecular weight excluding hydrogens is 665 g/mol. The molecule has 0 unspecified atom stereocenters. The summed E-state index contributed by atoms with van der Waals surface area (Å²) in [5.41, 5.74) is 21.9. The van der Waals surface area contributed by atoms with Gasteiger partial charge in [0.2, 0.25) is 0 Å². The van der Waals surface area contributed by atoms with Gasteiger partial charge in [0.1, 0.15) is 0 Å². The summed E-state index contributed by atoms with van der Waals surface area (Å²) in [6, 6.07) is 67.6. The third-order valence-electron chi connectivity index (χ3n) is 12.0. The van der Waals surface area contributed by atoms with Crippen molar-refractivity contribution in [3.63, 3.8) is 0 Å². The second-order valence-electron chi connectivity index (χ2n) is 15.1. The van der Waals surface area contributed by atoms with E-state index in [4.69, 9.17) is 0 Å². The monoisotopic (exact) mass is 706 g/mol. The van der Waals surface area contributed by atoms with Gasteiger partial charge in [-0.25, -0.2) is 0 Å². The summed E-state index contributed by atoms with van der Waals surface area (Å²) in [6.45, 7) is 8.85. The lowest BCUT2D eigenvalue weighted by molar-refractivity contribution is 0.793. The molecule has 0 saturated heterocycles. The van der Waals surface area contributed by atoms with Gasteiger partial charge in [0.25, 0.3) is 0 Å². The molecule has 8 aromatic rings. The predicted octanol–water partition coefficient (Wildman–Crippen LogP) is 14.2. The van der Waals surface area contributed by atoms with E-state index in [-0.39, 0.29) is 0 Å². The molecular formula is C53H42N2. The highest BCUT2D eigenvalue weighted by atomic mass is 15.2. The Balaban J connectivity index is 1.28. The fourth-order valence-corrected chi connectivity index (χ4v) is 9.47. The number of para-hydroxylation sites is 4. The van der Waals surface area contributed by atoms with Crippen molar-refractivity contribution in [3.05, 3.63) is 226 Å². The minimum atomic E-state index is -0.518. The summed E-state index contributed by atoms with van der Waals surface area (Å²) < 4.78 is 0. The minimum Gasteiger partial charge on any atom is -0.310 e. The van der Waals surface area contributed by atoms with Crippen LogP contribution in [0.4, 0.5) is 34.1 Å². The van der Waals surface area contributed by atoms with Gasteiger partial charge in [0.05, 0.1) is 5.41 Å². The van der Waals surface area contributed by atoms with Crippen molar-refractivity contribution in [3.8, 4) is 22.3 Å². The quantitative estimate of drug-likeness (QED) is 0.170. The highest BCUT2D eigenvalue weighted by Crippen LogP contribution is 2.64. The average Bonchev–Trinajstić information content (AvgIpc) is 3.68. The molecule has 0 aromatic heterocycles. The normalized spacial score (nSPS) is 12.9. The van der Waals surface area contributed by atoms with Gasteiger partial charge in [0, 0.05) is 34.1 Å². The molecule has 2 nitrogen and oxygen atoms in total. The Bertz CT molecular complexity index is 2510. The first kappa shape index (κ1) is 33.0. The van der Waals surface area contributed by atoms with Crippen LogP contribution in [-0.2, 0) is 5.41 Å². The Morgan fingerprint density at radius 1 is 0.291 bits per heavy atom. The fourth-order valence-electron chi connectivity index (χ4n) is 9.47. The summed E-state index contributed by atoms with van der Waals surface area (Å²) in [5.74, 6) is 0. The van der Waals surface area contributed by atoms with Crippen LogP contribution < -0.4 is 9.80 Å². The molecule has 2 aliphatic carbocycles. The van der Waals surface area contributed by atoms with Crippen LogP contribution in [0.2, 0.25) is 0 Å². The maximum absolute atomic E-state index is 2.49. The van der Waals surface area contributed by atoms with E-state index in [1.807, 2.05) is 0 Å².